The molecule has 26 heavy (non-hydrogen) atoms. The lowest BCUT2D eigenvalue weighted by Crippen LogP contribution is -2.35. The van der Waals surface area contributed by atoms with Gasteiger partial charge >= 0.3 is 18.2 Å². The fraction of sp³-hybridized carbons (Fsp3) is 0.471. The Hall–Kier alpha value is -2.58. The molecule has 0 bridgehead atoms. The summed E-state index contributed by atoms with van der Waals surface area (Å²) in [6.45, 7) is -1.23. The maximum atomic E-state index is 13.0. The number of amides is 2. The Balaban J connectivity index is 1.74. The van der Waals surface area contributed by atoms with E-state index >= 15 is 0 Å². The first-order valence-corrected chi connectivity index (χ1v) is 8.18. The molecule has 140 valence electrons. The minimum atomic E-state index is -4.70. The number of hydrogen-bond acceptors (Lipinski definition) is 3. The molecule has 0 spiro atoms. The summed E-state index contributed by atoms with van der Waals surface area (Å²) in [7, 11) is 0. The van der Waals surface area contributed by atoms with E-state index in [0.29, 0.717) is 17.7 Å². The highest BCUT2D eigenvalue weighted by Gasteiger charge is 2.53. The Bertz CT molecular complexity index is 763. The molecule has 2 aliphatic rings. The third-order valence-corrected chi connectivity index (χ3v) is 4.86. The molecule has 1 aliphatic carbocycles. The topological polar surface area (TPSA) is 86.7 Å². The number of alkyl halides is 3. The summed E-state index contributed by atoms with van der Waals surface area (Å²) in [5.74, 6) is -5.41. The molecule has 1 heterocycles. The van der Waals surface area contributed by atoms with Crippen LogP contribution in [0.5, 0.6) is 0 Å². The fourth-order valence-electron chi connectivity index (χ4n) is 3.46. The van der Waals surface area contributed by atoms with Crippen LogP contribution in [0.3, 0.4) is 0 Å². The van der Waals surface area contributed by atoms with Gasteiger partial charge in [-0.1, -0.05) is 6.07 Å². The van der Waals surface area contributed by atoms with Crippen molar-refractivity contribution in [2.45, 2.75) is 25.4 Å². The van der Waals surface area contributed by atoms with E-state index in [0.717, 1.165) is 23.3 Å². The van der Waals surface area contributed by atoms with Crippen molar-refractivity contribution in [3.8, 4) is 0 Å². The molecule has 1 aromatic carbocycles. The summed E-state index contributed by atoms with van der Waals surface area (Å²) < 4.78 is 39.0. The maximum absolute atomic E-state index is 13.0. The first-order valence-electron chi connectivity index (χ1n) is 8.18. The van der Waals surface area contributed by atoms with Gasteiger partial charge in [-0.2, -0.15) is 13.2 Å². The van der Waals surface area contributed by atoms with Crippen LogP contribution in [0, 0.1) is 11.8 Å². The number of urea groups is 1. The number of carboxylic acid groups (broad SMARTS) is 1. The van der Waals surface area contributed by atoms with Gasteiger partial charge in [0, 0.05) is 30.8 Å². The van der Waals surface area contributed by atoms with Crippen LogP contribution in [0.2, 0.25) is 0 Å². The molecule has 2 amide bonds. The van der Waals surface area contributed by atoms with Gasteiger partial charge in [-0.05, 0) is 30.5 Å². The van der Waals surface area contributed by atoms with Crippen molar-refractivity contribution in [2.24, 2.45) is 11.8 Å². The second-order valence-electron chi connectivity index (χ2n) is 6.58. The van der Waals surface area contributed by atoms with Gasteiger partial charge in [0.15, 0.2) is 5.78 Å². The molecule has 3 rings (SSSR count). The number of likely N-dealkylation sites (tertiary alicyclic amines) is 1. The molecule has 1 fully saturated rings. The van der Waals surface area contributed by atoms with Crippen molar-refractivity contribution in [3.05, 3.63) is 29.3 Å². The molecule has 0 radical (unpaired) electrons. The normalized spacial score (nSPS) is 22.9. The van der Waals surface area contributed by atoms with E-state index in [2.05, 4.69) is 5.32 Å². The van der Waals surface area contributed by atoms with Gasteiger partial charge in [-0.15, -0.1) is 0 Å². The number of carbonyl (C=O) groups excluding carboxylic acids is 2. The van der Waals surface area contributed by atoms with E-state index in [-0.39, 0.29) is 5.78 Å². The second kappa shape index (κ2) is 6.62. The number of anilines is 1. The highest BCUT2D eigenvalue weighted by atomic mass is 19.4. The van der Waals surface area contributed by atoms with Crippen molar-refractivity contribution >= 4 is 23.5 Å². The molecule has 6 nitrogen and oxygen atoms in total. The molecule has 1 aromatic rings. The third kappa shape index (κ3) is 3.51. The number of aryl methyl sites for hydroxylation is 1. The first-order chi connectivity index (χ1) is 12.2. The largest absolute Gasteiger partial charge is 0.481 e. The summed E-state index contributed by atoms with van der Waals surface area (Å²) in [6, 6.07) is 4.00. The number of nitrogens with one attached hydrogen (secondary N) is 1. The Morgan fingerprint density at radius 2 is 1.92 bits per heavy atom. The predicted molar refractivity (Wildman–Crippen MR) is 85.0 cm³/mol. The van der Waals surface area contributed by atoms with E-state index < -0.39 is 43.1 Å². The van der Waals surface area contributed by atoms with Crippen molar-refractivity contribution in [1.82, 2.24) is 4.90 Å². The lowest BCUT2D eigenvalue weighted by atomic mass is 9.90. The summed E-state index contributed by atoms with van der Waals surface area (Å²) in [6.07, 6.45) is -2.75. The number of nitrogens with zero attached hydrogens (tertiary/aromatic N) is 1. The van der Waals surface area contributed by atoms with Crippen LogP contribution in [0.4, 0.5) is 23.7 Å². The molecule has 0 saturated carbocycles. The molecule has 1 aliphatic heterocycles. The van der Waals surface area contributed by atoms with E-state index in [4.69, 9.17) is 5.11 Å². The summed E-state index contributed by atoms with van der Waals surface area (Å²) >= 11 is 0. The van der Waals surface area contributed by atoms with Crippen molar-refractivity contribution in [3.63, 3.8) is 0 Å². The van der Waals surface area contributed by atoms with E-state index in [1.807, 2.05) is 0 Å². The number of carbonyl (C=O) groups is 3. The highest BCUT2D eigenvalue weighted by Crippen LogP contribution is 2.38. The van der Waals surface area contributed by atoms with E-state index in [1.165, 1.54) is 6.07 Å². The zero-order chi connectivity index (χ0) is 19.1. The van der Waals surface area contributed by atoms with Crippen LogP contribution in [0.1, 0.15) is 28.8 Å². The van der Waals surface area contributed by atoms with Crippen molar-refractivity contribution in [1.29, 1.82) is 0 Å². The number of carboxylic acids is 1. The second-order valence-corrected chi connectivity index (χ2v) is 6.58. The number of rotatable bonds is 2. The summed E-state index contributed by atoms with van der Waals surface area (Å²) in [4.78, 5) is 36.1. The lowest BCUT2D eigenvalue weighted by Gasteiger charge is -2.20. The Morgan fingerprint density at radius 3 is 2.54 bits per heavy atom. The van der Waals surface area contributed by atoms with Crippen molar-refractivity contribution < 1.29 is 32.7 Å². The minimum Gasteiger partial charge on any atom is -0.481 e. The number of hydrogen-bond donors (Lipinski definition) is 2. The van der Waals surface area contributed by atoms with Crippen LogP contribution < -0.4 is 5.32 Å². The summed E-state index contributed by atoms with van der Waals surface area (Å²) in [5, 5.41) is 11.5. The van der Waals surface area contributed by atoms with E-state index in [9.17, 15) is 27.6 Å². The average Bonchev–Trinajstić information content (AvgIpc) is 3.02. The molecular formula is C17H17F3N2O4. The molecule has 1 saturated heterocycles. The standard InChI is InChI=1S/C17H17F3N2O4/c18-17(19,20)13-8-22(7-12(13)15(24)25)16(26)21-10-5-4-9-2-1-3-14(23)11(9)6-10/h4-6,12-13H,1-3,7-8H2,(H,21,26)(H,24,25)/t12-,13-/m1/s1. The van der Waals surface area contributed by atoms with Crippen molar-refractivity contribution in [2.75, 3.05) is 18.4 Å². The van der Waals surface area contributed by atoms with Crippen LogP contribution in [0.15, 0.2) is 18.2 Å². The first kappa shape index (κ1) is 18.2. The average molecular weight is 370 g/mol. The maximum Gasteiger partial charge on any atom is 0.394 e. The van der Waals surface area contributed by atoms with Gasteiger partial charge in [0.2, 0.25) is 0 Å². The quantitative estimate of drug-likeness (QED) is 0.838. The van der Waals surface area contributed by atoms with Gasteiger partial charge < -0.3 is 15.3 Å². The van der Waals surface area contributed by atoms with Gasteiger partial charge in [0.05, 0.1) is 11.8 Å². The molecule has 2 atom stereocenters. The van der Waals surface area contributed by atoms with Crippen LogP contribution in [-0.4, -0.2) is 47.1 Å². The number of Topliss-reactive ketones (excluding diaryl/α,β-unsaturated/α-hetero) is 1. The molecule has 2 N–H and O–H groups in total. The molecular weight excluding hydrogens is 353 g/mol. The Kier molecular flexibility index (Phi) is 4.64. The number of aliphatic carboxylic acids is 1. The number of ketones is 1. The van der Waals surface area contributed by atoms with E-state index in [1.54, 1.807) is 12.1 Å². The van der Waals surface area contributed by atoms with Crippen LogP contribution in [-0.2, 0) is 11.2 Å². The van der Waals surface area contributed by atoms with Gasteiger partial charge in [-0.25, -0.2) is 4.79 Å². The summed E-state index contributed by atoms with van der Waals surface area (Å²) in [5.41, 5.74) is 1.68. The third-order valence-electron chi connectivity index (χ3n) is 4.86. The monoisotopic (exact) mass is 370 g/mol. The smallest absolute Gasteiger partial charge is 0.394 e. The lowest BCUT2D eigenvalue weighted by molar-refractivity contribution is -0.187. The minimum absolute atomic E-state index is 0.0356. The molecule has 0 aromatic heterocycles. The number of benzene rings is 1. The van der Waals surface area contributed by atoms with Gasteiger partial charge in [0.1, 0.15) is 0 Å². The highest BCUT2D eigenvalue weighted by molar-refractivity contribution is 6.00. The number of fused-ring (bicyclic) bond motifs is 1. The SMILES string of the molecule is O=C1CCCc2ccc(NC(=O)N3C[C@@H](C(F)(F)F)[C@H](C(=O)O)C3)cc21. The van der Waals surface area contributed by atoms with Crippen LogP contribution in [0.25, 0.3) is 0 Å². The van der Waals surface area contributed by atoms with Gasteiger partial charge in [0.25, 0.3) is 0 Å². The van der Waals surface area contributed by atoms with Crippen LogP contribution >= 0.6 is 0 Å². The predicted octanol–water partition coefficient (Wildman–Crippen LogP) is 2.93. The fourth-order valence-corrected chi connectivity index (χ4v) is 3.46. The van der Waals surface area contributed by atoms with Gasteiger partial charge in [-0.3, -0.25) is 9.59 Å². The Labute approximate surface area is 147 Å². The zero-order valence-corrected chi connectivity index (χ0v) is 13.7. The molecule has 9 heteroatoms. The molecule has 0 unspecified atom stereocenters. The number of halogens is 3. The zero-order valence-electron chi connectivity index (χ0n) is 13.7. The Morgan fingerprint density at radius 1 is 1.19 bits per heavy atom.